The fraction of sp³-hybridized carbons (Fsp3) is 0.263. The van der Waals surface area contributed by atoms with Crippen molar-refractivity contribution in [1.82, 2.24) is 0 Å². The van der Waals surface area contributed by atoms with Crippen molar-refractivity contribution in [2.45, 2.75) is 32.6 Å². The van der Waals surface area contributed by atoms with Crippen molar-refractivity contribution in [3.63, 3.8) is 0 Å². The molecule has 0 fully saturated rings. The van der Waals surface area contributed by atoms with Gasteiger partial charge >= 0.3 is 0 Å². The highest BCUT2D eigenvalue weighted by Crippen LogP contribution is 2.32. The zero-order chi connectivity index (χ0) is 13.5. The number of hydrogen-bond donors (Lipinski definition) is 0. The van der Waals surface area contributed by atoms with Crippen molar-refractivity contribution in [2.24, 2.45) is 0 Å². The van der Waals surface area contributed by atoms with Gasteiger partial charge in [0.2, 0.25) is 0 Å². The predicted octanol–water partition coefficient (Wildman–Crippen LogP) is 5.22. The van der Waals surface area contributed by atoms with Gasteiger partial charge in [0.05, 0.1) is 0 Å². The summed E-state index contributed by atoms with van der Waals surface area (Å²) in [5, 5.41) is 0. The summed E-state index contributed by atoms with van der Waals surface area (Å²) in [5.74, 6) is 0. The van der Waals surface area contributed by atoms with E-state index in [-0.39, 0.29) is 5.41 Å². The van der Waals surface area contributed by atoms with Crippen molar-refractivity contribution in [1.29, 1.82) is 0 Å². The van der Waals surface area contributed by atoms with Gasteiger partial charge in [0, 0.05) is 0 Å². The van der Waals surface area contributed by atoms with Crippen LogP contribution in [-0.2, 0) is 11.8 Å². The maximum Gasteiger partial charge on any atom is -0.00879 e. The molecule has 0 spiro atoms. The van der Waals surface area contributed by atoms with Gasteiger partial charge in [0.1, 0.15) is 0 Å². The molecule has 0 saturated carbocycles. The van der Waals surface area contributed by atoms with Crippen molar-refractivity contribution in [3.05, 3.63) is 65.2 Å². The van der Waals surface area contributed by atoms with Gasteiger partial charge in [-0.3, -0.25) is 0 Å². The molecule has 2 aromatic rings. The molecule has 0 saturated heterocycles. The lowest BCUT2D eigenvalue weighted by molar-refractivity contribution is 0.590. The molecule has 19 heavy (non-hydrogen) atoms. The predicted molar refractivity (Wildman–Crippen MR) is 83.3 cm³/mol. The van der Waals surface area contributed by atoms with Crippen LogP contribution in [-0.4, -0.2) is 0 Å². The van der Waals surface area contributed by atoms with Crippen molar-refractivity contribution >= 4 is 6.08 Å². The summed E-state index contributed by atoms with van der Waals surface area (Å²) in [5.41, 5.74) is 7.11. The number of rotatable bonds is 1. The van der Waals surface area contributed by atoms with E-state index in [9.17, 15) is 0 Å². The summed E-state index contributed by atoms with van der Waals surface area (Å²) in [6.07, 6.45) is 5.57. The fourth-order valence-corrected chi connectivity index (χ4v) is 2.69. The fourth-order valence-electron chi connectivity index (χ4n) is 2.69. The SMILES string of the molecule is CC(C)(C)c1ccc(-c2cccc3c2C=CC3)cc1. The van der Waals surface area contributed by atoms with Crippen LogP contribution in [0, 0.1) is 0 Å². The van der Waals surface area contributed by atoms with E-state index in [1.807, 2.05) is 0 Å². The highest BCUT2D eigenvalue weighted by Gasteiger charge is 2.14. The lowest BCUT2D eigenvalue weighted by atomic mass is 9.86. The van der Waals surface area contributed by atoms with Crippen LogP contribution in [0.2, 0.25) is 0 Å². The van der Waals surface area contributed by atoms with Gasteiger partial charge in [0.25, 0.3) is 0 Å². The van der Waals surface area contributed by atoms with Gasteiger partial charge < -0.3 is 0 Å². The molecular formula is C19H20. The minimum Gasteiger partial charge on any atom is -0.0795 e. The zero-order valence-electron chi connectivity index (χ0n) is 11.9. The molecule has 0 heteroatoms. The van der Waals surface area contributed by atoms with E-state index in [2.05, 4.69) is 75.4 Å². The summed E-state index contributed by atoms with van der Waals surface area (Å²) < 4.78 is 0. The molecule has 0 aliphatic heterocycles. The topological polar surface area (TPSA) is 0 Å². The molecule has 0 nitrogen and oxygen atoms in total. The standard InChI is InChI=1S/C19H20/c1-19(2,3)16-12-10-15(11-13-16)18-9-5-7-14-6-4-8-17(14)18/h4-5,7-13H,6H2,1-3H3. The minimum atomic E-state index is 0.219. The average molecular weight is 248 g/mol. The van der Waals surface area contributed by atoms with Crippen LogP contribution in [0.5, 0.6) is 0 Å². The second-order valence-electron chi connectivity index (χ2n) is 6.31. The molecule has 1 aliphatic carbocycles. The Hall–Kier alpha value is -1.82. The summed E-state index contributed by atoms with van der Waals surface area (Å²) in [4.78, 5) is 0. The molecule has 0 bridgehead atoms. The van der Waals surface area contributed by atoms with Crippen molar-refractivity contribution in [2.75, 3.05) is 0 Å². The summed E-state index contributed by atoms with van der Waals surface area (Å²) in [6.45, 7) is 6.76. The maximum absolute atomic E-state index is 2.26. The summed E-state index contributed by atoms with van der Waals surface area (Å²) in [7, 11) is 0. The third kappa shape index (κ3) is 2.23. The maximum atomic E-state index is 2.26. The quantitative estimate of drug-likeness (QED) is 0.649. The Kier molecular flexibility index (Phi) is 2.82. The van der Waals surface area contributed by atoms with Crippen molar-refractivity contribution < 1.29 is 0 Å². The van der Waals surface area contributed by atoms with Gasteiger partial charge in [-0.2, -0.15) is 0 Å². The van der Waals surface area contributed by atoms with Crippen LogP contribution in [0.4, 0.5) is 0 Å². The van der Waals surface area contributed by atoms with Gasteiger partial charge in [-0.15, -0.1) is 0 Å². The first-order chi connectivity index (χ1) is 9.05. The zero-order valence-corrected chi connectivity index (χ0v) is 11.9. The van der Waals surface area contributed by atoms with E-state index in [0.717, 1.165) is 6.42 Å². The van der Waals surface area contributed by atoms with Gasteiger partial charge in [-0.05, 0) is 39.7 Å². The van der Waals surface area contributed by atoms with Crippen LogP contribution in [0.25, 0.3) is 17.2 Å². The van der Waals surface area contributed by atoms with Gasteiger partial charge in [0.15, 0.2) is 0 Å². The number of fused-ring (bicyclic) bond motifs is 1. The van der Waals surface area contributed by atoms with E-state index in [1.165, 1.54) is 27.8 Å². The Morgan fingerprint density at radius 2 is 1.63 bits per heavy atom. The van der Waals surface area contributed by atoms with Gasteiger partial charge in [-0.25, -0.2) is 0 Å². The van der Waals surface area contributed by atoms with Crippen LogP contribution in [0.3, 0.4) is 0 Å². The third-order valence-electron chi connectivity index (χ3n) is 3.88. The first-order valence-corrected chi connectivity index (χ1v) is 6.95. The minimum absolute atomic E-state index is 0.219. The molecule has 0 amide bonds. The highest BCUT2D eigenvalue weighted by atomic mass is 14.2. The first-order valence-electron chi connectivity index (χ1n) is 6.95. The van der Waals surface area contributed by atoms with E-state index < -0.39 is 0 Å². The molecule has 0 radical (unpaired) electrons. The van der Waals surface area contributed by atoms with Crippen LogP contribution < -0.4 is 0 Å². The van der Waals surface area contributed by atoms with Crippen LogP contribution >= 0.6 is 0 Å². The summed E-state index contributed by atoms with van der Waals surface area (Å²) in [6, 6.07) is 15.6. The molecule has 0 aromatic heterocycles. The first kappa shape index (κ1) is 12.2. The normalized spacial score (nSPS) is 13.6. The Morgan fingerprint density at radius 1 is 0.895 bits per heavy atom. The smallest absolute Gasteiger partial charge is 0.00879 e. The molecule has 2 aromatic carbocycles. The molecular weight excluding hydrogens is 228 g/mol. The molecule has 0 unspecified atom stereocenters. The van der Waals surface area contributed by atoms with Gasteiger partial charge in [-0.1, -0.05) is 75.4 Å². The second kappa shape index (κ2) is 4.38. The summed E-state index contributed by atoms with van der Waals surface area (Å²) >= 11 is 0. The highest BCUT2D eigenvalue weighted by molar-refractivity contribution is 5.79. The molecule has 96 valence electrons. The van der Waals surface area contributed by atoms with E-state index >= 15 is 0 Å². The Labute approximate surface area is 115 Å². The lowest BCUT2D eigenvalue weighted by Gasteiger charge is -2.19. The number of benzene rings is 2. The number of hydrogen-bond acceptors (Lipinski definition) is 0. The lowest BCUT2D eigenvalue weighted by Crippen LogP contribution is -2.10. The molecule has 0 heterocycles. The van der Waals surface area contributed by atoms with E-state index in [1.54, 1.807) is 0 Å². The molecule has 3 rings (SSSR count). The third-order valence-corrected chi connectivity index (χ3v) is 3.88. The average Bonchev–Trinajstić information content (AvgIpc) is 2.86. The molecule has 0 atom stereocenters. The Bertz CT molecular complexity index is 622. The largest absolute Gasteiger partial charge is 0.0795 e. The van der Waals surface area contributed by atoms with Crippen LogP contribution in [0.1, 0.15) is 37.5 Å². The number of allylic oxidation sites excluding steroid dienone is 1. The molecule has 1 aliphatic rings. The monoisotopic (exact) mass is 248 g/mol. The second-order valence-corrected chi connectivity index (χ2v) is 6.31. The van der Waals surface area contributed by atoms with E-state index in [0.29, 0.717) is 0 Å². The van der Waals surface area contributed by atoms with E-state index in [4.69, 9.17) is 0 Å². The Balaban J connectivity index is 2.04. The molecule has 0 N–H and O–H groups in total. The Morgan fingerprint density at radius 3 is 2.32 bits per heavy atom. The van der Waals surface area contributed by atoms with Crippen LogP contribution in [0.15, 0.2) is 48.5 Å². The van der Waals surface area contributed by atoms with Crippen molar-refractivity contribution in [3.8, 4) is 11.1 Å².